The number of rotatable bonds is 1. The summed E-state index contributed by atoms with van der Waals surface area (Å²) in [5.74, 6) is 0. The topological polar surface area (TPSA) is 29.9 Å². The van der Waals surface area contributed by atoms with Crippen molar-refractivity contribution < 1.29 is 13.1 Å². The van der Waals surface area contributed by atoms with Gasteiger partial charge < -0.3 is 4.42 Å². The number of aromatic nitrogens is 2. The molecule has 0 atom stereocenters. The van der Waals surface area contributed by atoms with Crippen LogP contribution in [0.1, 0.15) is 40.2 Å². The number of pyridine rings is 2. The fraction of sp³-hybridized carbons (Fsp3) is 0.214. The first-order chi connectivity index (χ1) is 16.1. The highest BCUT2D eigenvalue weighted by molar-refractivity contribution is 6.13. The van der Waals surface area contributed by atoms with Gasteiger partial charge in [0.15, 0.2) is 11.8 Å². The Morgan fingerprint density at radius 3 is 2.74 bits per heavy atom. The standard InChI is InChI=1S/C28H25N2O/c1-16-12-13-30(5)22(14-16)23-17(2)10-11-19-24-25-20(15-29-27(24)31-26(19)23)18-8-6-7-9-21(18)28(25,3)4/h6-15H,1-5H3/q+1/i1D3. The van der Waals surface area contributed by atoms with Crippen LogP contribution in [0.25, 0.3) is 44.5 Å². The summed E-state index contributed by atoms with van der Waals surface area (Å²) in [5, 5.41) is 2.03. The molecule has 0 unspecified atom stereocenters. The Morgan fingerprint density at radius 1 is 1.06 bits per heavy atom. The van der Waals surface area contributed by atoms with E-state index in [1.807, 2.05) is 24.7 Å². The molecule has 2 aromatic carbocycles. The van der Waals surface area contributed by atoms with E-state index in [1.54, 1.807) is 18.3 Å². The van der Waals surface area contributed by atoms with Crippen molar-refractivity contribution in [2.24, 2.45) is 7.05 Å². The van der Waals surface area contributed by atoms with E-state index in [0.717, 1.165) is 38.7 Å². The van der Waals surface area contributed by atoms with Crippen LogP contribution in [0, 0.1) is 13.8 Å². The van der Waals surface area contributed by atoms with Gasteiger partial charge >= 0.3 is 0 Å². The molecule has 0 aliphatic heterocycles. The van der Waals surface area contributed by atoms with Crippen LogP contribution in [-0.2, 0) is 12.5 Å². The molecular formula is C28H25N2O+. The summed E-state index contributed by atoms with van der Waals surface area (Å²) in [5.41, 5.74) is 9.06. The quantitative estimate of drug-likeness (QED) is 0.301. The molecule has 0 N–H and O–H groups in total. The van der Waals surface area contributed by atoms with Crippen molar-refractivity contribution in [1.82, 2.24) is 4.98 Å². The maximum atomic E-state index is 7.89. The average Bonchev–Trinajstić information content (AvgIpc) is 3.26. The Hall–Kier alpha value is -3.46. The van der Waals surface area contributed by atoms with Crippen molar-refractivity contribution in [3.05, 3.63) is 83.2 Å². The molecule has 0 radical (unpaired) electrons. The average molecular weight is 409 g/mol. The lowest BCUT2D eigenvalue weighted by molar-refractivity contribution is -0.660. The molecule has 0 spiro atoms. The van der Waals surface area contributed by atoms with Gasteiger partial charge in [-0.05, 0) is 41.6 Å². The number of furan rings is 1. The molecule has 3 heteroatoms. The van der Waals surface area contributed by atoms with Gasteiger partial charge in [0.25, 0.3) is 0 Å². The summed E-state index contributed by atoms with van der Waals surface area (Å²) < 4.78 is 32.1. The zero-order valence-electron chi connectivity index (χ0n) is 21.1. The number of nitrogens with zero attached hydrogens (tertiary/aromatic N) is 2. The highest BCUT2D eigenvalue weighted by Gasteiger charge is 2.38. The number of benzene rings is 2. The van der Waals surface area contributed by atoms with Crippen molar-refractivity contribution >= 4 is 22.1 Å². The van der Waals surface area contributed by atoms with E-state index >= 15 is 0 Å². The van der Waals surface area contributed by atoms with Crippen LogP contribution in [-0.4, -0.2) is 4.98 Å². The highest BCUT2D eigenvalue weighted by Crippen LogP contribution is 2.52. The fourth-order valence-corrected chi connectivity index (χ4v) is 5.29. The van der Waals surface area contributed by atoms with Gasteiger partial charge in [-0.1, -0.05) is 50.2 Å². The van der Waals surface area contributed by atoms with Crippen molar-refractivity contribution in [3.8, 4) is 22.4 Å². The number of hydrogen-bond donors (Lipinski definition) is 0. The van der Waals surface area contributed by atoms with E-state index in [-0.39, 0.29) is 5.41 Å². The van der Waals surface area contributed by atoms with Gasteiger partial charge in [-0.25, -0.2) is 9.55 Å². The Kier molecular flexibility index (Phi) is 2.99. The minimum Gasteiger partial charge on any atom is -0.437 e. The van der Waals surface area contributed by atoms with Gasteiger partial charge in [0.1, 0.15) is 7.05 Å². The third-order valence-electron chi connectivity index (χ3n) is 6.80. The van der Waals surface area contributed by atoms with Gasteiger partial charge in [-0.3, -0.25) is 0 Å². The second kappa shape index (κ2) is 6.04. The summed E-state index contributed by atoms with van der Waals surface area (Å²) >= 11 is 0. The SMILES string of the molecule is [2H]C([2H])([2H])c1cc[n+](C)c(-c2c(C)ccc3c2oc2ncc4c(c23)C(C)(C)c2ccccc2-4)c1. The van der Waals surface area contributed by atoms with E-state index in [9.17, 15) is 0 Å². The number of fused-ring (bicyclic) bond motifs is 7. The Morgan fingerprint density at radius 2 is 1.90 bits per heavy atom. The lowest BCUT2D eigenvalue weighted by Crippen LogP contribution is -2.30. The first-order valence-electron chi connectivity index (χ1n) is 12.0. The molecule has 3 nitrogen and oxygen atoms in total. The molecule has 0 saturated heterocycles. The zero-order chi connectivity index (χ0) is 24.0. The fourth-order valence-electron chi connectivity index (χ4n) is 5.29. The molecule has 0 bridgehead atoms. The molecule has 1 aliphatic carbocycles. The summed E-state index contributed by atoms with van der Waals surface area (Å²) in [7, 11) is 1.93. The minimum absolute atomic E-state index is 0.194. The van der Waals surface area contributed by atoms with Crippen LogP contribution in [0.4, 0.5) is 0 Å². The lowest BCUT2D eigenvalue weighted by atomic mass is 9.81. The Labute approximate surface area is 186 Å². The maximum Gasteiger partial charge on any atom is 0.227 e. The molecule has 6 rings (SSSR count). The molecule has 31 heavy (non-hydrogen) atoms. The minimum atomic E-state index is -2.18. The molecule has 5 aromatic rings. The molecule has 0 amide bonds. The van der Waals surface area contributed by atoms with Gasteiger partial charge in [-0.15, -0.1) is 0 Å². The van der Waals surface area contributed by atoms with E-state index in [4.69, 9.17) is 13.5 Å². The van der Waals surface area contributed by atoms with Crippen LogP contribution in [0.15, 0.2) is 65.3 Å². The summed E-state index contributed by atoms with van der Waals surface area (Å²) in [6.45, 7) is 4.36. The predicted octanol–water partition coefficient (Wildman–Crippen LogP) is 6.40. The number of aryl methyl sites for hydroxylation is 3. The first kappa shape index (κ1) is 15.4. The first-order valence-corrected chi connectivity index (χ1v) is 10.5. The lowest BCUT2D eigenvalue weighted by Gasteiger charge is -2.22. The molecule has 0 saturated carbocycles. The van der Waals surface area contributed by atoms with Crippen LogP contribution >= 0.6 is 0 Å². The Bertz CT molecular complexity index is 1640. The van der Waals surface area contributed by atoms with Gasteiger partial charge in [0.05, 0.1) is 10.9 Å². The normalized spacial score (nSPS) is 16.1. The van der Waals surface area contributed by atoms with Crippen molar-refractivity contribution in [2.75, 3.05) is 0 Å². The molecule has 1 aliphatic rings. The molecule has 3 aromatic heterocycles. The van der Waals surface area contributed by atoms with Crippen molar-refractivity contribution in [2.45, 2.75) is 33.0 Å². The third-order valence-corrected chi connectivity index (χ3v) is 6.80. The monoisotopic (exact) mass is 408 g/mol. The van der Waals surface area contributed by atoms with E-state index < -0.39 is 6.85 Å². The maximum absolute atomic E-state index is 7.89. The van der Waals surface area contributed by atoms with Crippen LogP contribution in [0.5, 0.6) is 0 Å². The van der Waals surface area contributed by atoms with Crippen molar-refractivity contribution in [1.29, 1.82) is 0 Å². The van der Waals surface area contributed by atoms with Crippen LogP contribution in [0.2, 0.25) is 0 Å². The molecule has 0 fully saturated rings. The molecular weight excluding hydrogens is 380 g/mol. The summed E-state index contributed by atoms with van der Waals surface area (Å²) in [6, 6.07) is 16.1. The van der Waals surface area contributed by atoms with Gasteiger partial charge in [0.2, 0.25) is 11.4 Å². The van der Waals surface area contributed by atoms with E-state index in [2.05, 4.69) is 50.2 Å². The zero-order valence-corrected chi connectivity index (χ0v) is 18.1. The van der Waals surface area contributed by atoms with Gasteiger partial charge in [-0.2, -0.15) is 0 Å². The second-order valence-corrected chi connectivity index (χ2v) is 9.05. The predicted molar refractivity (Wildman–Crippen MR) is 125 cm³/mol. The van der Waals surface area contributed by atoms with Crippen LogP contribution < -0.4 is 4.57 Å². The molecule has 152 valence electrons. The smallest absolute Gasteiger partial charge is 0.227 e. The van der Waals surface area contributed by atoms with E-state index in [1.165, 1.54) is 16.7 Å². The van der Waals surface area contributed by atoms with Crippen molar-refractivity contribution in [3.63, 3.8) is 0 Å². The Balaban J connectivity index is 1.71. The molecule has 3 heterocycles. The summed E-state index contributed by atoms with van der Waals surface area (Å²) in [4.78, 5) is 4.73. The largest absolute Gasteiger partial charge is 0.437 e. The summed E-state index contributed by atoms with van der Waals surface area (Å²) in [6.07, 6.45) is 3.73. The van der Waals surface area contributed by atoms with E-state index in [0.29, 0.717) is 11.3 Å². The van der Waals surface area contributed by atoms with Crippen LogP contribution in [0.3, 0.4) is 0 Å². The second-order valence-electron chi connectivity index (χ2n) is 9.05. The van der Waals surface area contributed by atoms with Gasteiger partial charge in [0, 0.05) is 38.8 Å². The third kappa shape index (κ3) is 2.35. The number of hydrogen-bond acceptors (Lipinski definition) is 2. The highest BCUT2D eigenvalue weighted by atomic mass is 16.3.